The summed E-state index contributed by atoms with van der Waals surface area (Å²) in [7, 11) is -8.15. The largest absolute Gasteiger partial charge is 0.303 e. The molecule has 142 valence electrons. The molecule has 0 aliphatic carbocycles. The molecule has 1 aliphatic rings. The quantitative estimate of drug-likeness (QED) is 0.725. The Morgan fingerprint density at radius 2 is 1.96 bits per heavy atom. The fourth-order valence-electron chi connectivity index (χ4n) is 3.53. The maximum Gasteiger partial charge on any atom is 0.294 e. The Kier molecular flexibility index (Phi) is 5.98. The minimum atomic E-state index is -4.46. The van der Waals surface area contributed by atoms with Crippen LogP contribution in [0.25, 0.3) is 0 Å². The second-order valence-corrected chi connectivity index (χ2v) is 10.2. The number of unbranched alkanes of at least 4 members (excludes halogenated alkanes) is 1. The zero-order valence-corrected chi connectivity index (χ0v) is 16.6. The van der Waals surface area contributed by atoms with E-state index in [1.165, 1.54) is 12.1 Å². The van der Waals surface area contributed by atoms with E-state index in [0.29, 0.717) is 18.4 Å². The molecule has 1 aromatic rings. The molecule has 0 aromatic heterocycles. The van der Waals surface area contributed by atoms with Gasteiger partial charge in [0.05, 0.1) is 15.5 Å². The van der Waals surface area contributed by atoms with Crippen LogP contribution in [0.1, 0.15) is 64.5 Å². The van der Waals surface area contributed by atoms with Crippen LogP contribution in [0, 0.1) is 0 Å². The lowest BCUT2D eigenvalue weighted by molar-refractivity contribution is 0.276. The van der Waals surface area contributed by atoms with Gasteiger partial charge in [0.1, 0.15) is 0 Å². The third-order valence-corrected chi connectivity index (χ3v) is 7.84. The van der Waals surface area contributed by atoms with Gasteiger partial charge in [-0.1, -0.05) is 39.7 Å². The summed E-state index contributed by atoms with van der Waals surface area (Å²) in [6, 6.07) is 3.68. The van der Waals surface area contributed by atoms with Gasteiger partial charge in [0.15, 0.2) is 9.84 Å². The molecule has 0 fully saturated rings. The van der Waals surface area contributed by atoms with Crippen LogP contribution in [0.2, 0.25) is 0 Å². The number of rotatable bonds is 6. The van der Waals surface area contributed by atoms with Gasteiger partial charge in [-0.05, 0) is 37.0 Å². The molecule has 8 heteroatoms. The molecule has 0 saturated heterocycles. The summed E-state index contributed by atoms with van der Waals surface area (Å²) >= 11 is 0. The predicted molar refractivity (Wildman–Crippen MR) is 97.0 cm³/mol. The Hall–Kier alpha value is -0.960. The first-order chi connectivity index (χ1) is 11.6. The van der Waals surface area contributed by atoms with Crippen molar-refractivity contribution in [2.45, 2.75) is 74.2 Å². The summed E-state index contributed by atoms with van der Waals surface area (Å²) in [6.07, 6.45) is 3.98. The van der Waals surface area contributed by atoms with Crippen molar-refractivity contribution in [3.05, 3.63) is 23.8 Å². The highest BCUT2D eigenvalue weighted by molar-refractivity contribution is 7.91. The monoisotopic (exact) mass is 389 g/mol. The molecule has 0 radical (unpaired) electrons. The zero-order valence-electron chi connectivity index (χ0n) is 14.9. The highest BCUT2D eigenvalue weighted by atomic mass is 32.2. The Labute approximate surface area is 150 Å². The van der Waals surface area contributed by atoms with Crippen molar-refractivity contribution in [2.24, 2.45) is 0 Å². The van der Waals surface area contributed by atoms with Crippen LogP contribution in [0.5, 0.6) is 0 Å². The lowest BCUT2D eigenvalue weighted by atomic mass is 9.89. The van der Waals surface area contributed by atoms with Crippen LogP contribution >= 0.6 is 0 Å². The molecule has 25 heavy (non-hydrogen) atoms. The van der Waals surface area contributed by atoms with Crippen molar-refractivity contribution in [3.8, 4) is 0 Å². The summed E-state index contributed by atoms with van der Waals surface area (Å²) in [5.41, 5.74) is 0.0361. The molecule has 6 nitrogen and oxygen atoms in total. The summed E-state index contributed by atoms with van der Waals surface area (Å²) < 4.78 is 58.3. The number of sulfone groups is 1. The van der Waals surface area contributed by atoms with E-state index in [4.69, 9.17) is 0 Å². The summed E-state index contributed by atoms with van der Waals surface area (Å²) in [4.78, 5) is -0.379. The van der Waals surface area contributed by atoms with Crippen molar-refractivity contribution in [1.82, 2.24) is 5.32 Å². The molecular weight excluding hydrogens is 362 g/mol. The number of hydrogen-bond acceptors (Lipinski definition) is 5. The average molecular weight is 390 g/mol. The van der Waals surface area contributed by atoms with E-state index in [-0.39, 0.29) is 21.6 Å². The molecule has 2 N–H and O–H groups in total. The zero-order chi connectivity index (χ0) is 18.9. The number of nitrogens with one attached hydrogen (secondary N) is 1. The fourth-order valence-corrected chi connectivity index (χ4v) is 6.30. The van der Waals surface area contributed by atoms with Gasteiger partial charge in [-0.3, -0.25) is 4.55 Å². The Morgan fingerprint density at radius 1 is 1.28 bits per heavy atom. The first-order valence-electron chi connectivity index (χ1n) is 8.70. The highest BCUT2D eigenvalue weighted by Gasteiger charge is 2.41. The van der Waals surface area contributed by atoms with E-state index >= 15 is 0 Å². The molecule has 2 rings (SSSR count). The molecule has 1 aromatic carbocycles. The minimum Gasteiger partial charge on any atom is -0.303 e. The van der Waals surface area contributed by atoms with Crippen LogP contribution in [0.4, 0.5) is 0 Å². The van der Waals surface area contributed by atoms with Gasteiger partial charge >= 0.3 is 0 Å². The maximum atomic E-state index is 13.1. The van der Waals surface area contributed by atoms with Gasteiger partial charge < -0.3 is 5.32 Å². The highest BCUT2D eigenvalue weighted by Crippen LogP contribution is 2.37. The number of fused-ring (bicyclic) bond motifs is 1. The molecule has 1 heterocycles. The Morgan fingerprint density at radius 3 is 2.48 bits per heavy atom. The van der Waals surface area contributed by atoms with Crippen molar-refractivity contribution < 1.29 is 21.4 Å². The minimum absolute atomic E-state index is 0.00815. The van der Waals surface area contributed by atoms with Crippen molar-refractivity contribution >= 4 is 20.0 Å². The van der Waals surface area contributed by atoms with Crippen molar-refractivity contribution in [1.29, 1.82) is 0 Å². The van der Waals surface area contributed by atoms with E-state index < -0.39 is 25.5 Å². The van der Waals surface area contributed by atoms with Crippen LogP contribution < -0.4 is 5.32 Å². The SMILES string of the molecule is CCCC[C@]1(CC)CS(=O)(=O)c2cc(S(=O)(=O)O)ccc2[C@@H](CC)N1. The van der Waals surface area contributed by atoms with Gasteiger partial charge in [0.2, 0.25) is 0 Å². The first-order valence-corrected chi connectivity index (χ1v) is 11.8. The summed E-state index contributed by atoms with van der Waals surface area (Å²) in [5, 5.41) is 3.54. The lowest BCUT2D eigenvalue weighted by Gasteiger charge is -2.35. The Bertz CT molecular complexity index is 833. The van der Waals surface area contributed by atoms with Crippen molar-refractivity contribution in [3.63, 3.8) is 0 Å². The predicted octanol–water partition coefficient (Wildman–Crippen LogP) is 3.10. The summed E-state index contributed by atoms with van der Waals surface area (Å²) in [5.74, 6) is -0.0745. The third kappa shape index (κ3) is 4.24. The topological polar surface area (TPSA) is 101 Å². The van der Waals surface area contributed by atoms with Gasteiger partial charge in [-0.15, -0.1) is 0 Å². The van der Waals surface area contributed by atoms with Crippen LogP contribution in [0.15, 0.2) is 28.0 Å². The van der Waals surface area contributed by atoms with Gasteiger partial charge in [0.25, 0.3) is 10.1 Å². The molecule has 0 spiro atoms. The molecule has 0 bridgehead atoms. The van der Waals surface area contributed by atoms with Crippen molar-refractivity contribution in [2.75, 3.05) is 5.75 Å². The Balaban J connectivity index is 2.64. The van der Waals surface area contributed by atoms with Crippen LogP contribution in [-0.4, -0.2) is 32.7 Å². The van der Waals surface area contributed by atoms with E-state index in [1.54, 1.807) is 0 Å². The van der Waals surface area contributed by atoms with Gasteiger partial charge in [-0.25, -0.2) is 8.42 Å². The van der Waals surface area contributed by atoms with Crippen LogP contribution in [-0.2, 0) is 20.0 Å². The maximum absolute atomic E-state index is 13.1. The molecule has 2 atom stereocenters. The second-order valence-electron chi connectivity index (χ2n) is 6.78. The smallest absolute Gasteiger partial charge is 0.294 e. The molecule has 0 amide bonds. The van der Waals surface area contributed by atoms with Gasteiger partial charge in [0, 0.05) is 11.6 Å². The van der Waals surface area contributed by atoms with E-state index in [9.17, 15) is 21.4 Å². The van der Waals surface area contributed by atoms with Crippen LogP contribution in [0.3, 0.4) is 0 Å². The first kappa shape index (κ1) is 20.4. The second kappa shape index (κ2) is 7.34. The molecular formula is C17H27NO5S2. The standard InChI is InChI=1S/C17H27NO5S2/c1-4-7-10-17(6-3)12-24(19,20)16-11-13(25(21,22)23)8-9-14(16)15(5-2)18-17/h8-9,11,15,18H,4-7,10,12H2,1-3H3,(H,21,22,23)/t15-,17-/m1/s1. The molecule has 0 saturated carbocycles. The fraction of sp³-hybridized carbons (Fsp3) is 0.647. The summed E-state index contributed by atoms with van der Waals surface area (Å²) in [6.45, 7) is 6.01. The number of hydrogen-bond donors (Lipinski definition) is 2. The molecule has 0 unspecified atom stereocenters. The lowest BCUT2D eigenvalue weighted by Crippen LogP contribution is -2.49. The molecule has 1 aliphatic heterocycles. The van der Waals surface area contributed by atoms with E-state index in [0.717, 1.165) is 25.3 Å². The third-order valence-electron chi connectivity index (χ3n) is 5.03. The average Bonchev–Trinajstić information content (AvgIpc) is 2.64. The van der Waals surface area contributed by atoms with E-state index in [2.05, 4.69) is 12.2 Å². The van der Waals surface area contributed by atoms with E-state index in [1.807, 2.05) is 13.8 Å². The normalized spacial score (nSPS) is 26.0. The number of benzene rings is 1. The van der Waals surface area contributed by atoms with Gasteiger partial charge in [-0.2, -0.15) is 8.42 Å².